The summed E-state index contributed by atoms with van der Waals surface area (Å²) in [6, 6.07) is 8.07. The molecule has 1 aromatic heterocycles. The predicted octanol–water partition coefficient (Wildman–Crippen LogP) is -0.580. The Hall–Kier alpha value is -4.91. The summed E-state index contributed by atoms with van der Waals surface area (Å²) in [5.41, 5.74) is 12.8. The van der Waals surface area contributed by atoms with Gasteiger partial charge in [-0.25, -0.2) is 4.79 Å². The molecular weight excluding hydrogens is 520 g/mol. The minimum atomic E-state index is -1.42. The van der Waals surface area contributed by atoms with Gasteiger partial charge >= 0.3 is 5.97 Å². The average Bonchev–Trinajstić information content (AvgIpc) is 3.31. The lowest BCUT2D eigenvalue weighted by Crippen LogP contribution is -2.58. The van der Waals surface area contributed by atoms with Crippen LogP contribution < -0.4 is 27.4 Å². The molecule has 2 aromatic carbocycles. The number of carbonyl (C=O) groups excluding carboxylic acids is 4. The second-order valence-electron chi connectivity index (χ2n) is 9.42. The molecule has 10 N–H and O–H groups in total. The topological polar surface area (TPSA) is 230 Å². The zero-order chi connectivity index (χ0) is 29.4. The van der Waals surface area contributed by atoms with E-state index in [1.807, 2.05) is 24.3 Å². The standard InChI is InChI=1S/C27H32N6O7/c1-14(28)24(36)31-21(12-23(29)35)26(38)32-20(10-15-6-8-17(34)9-7-15)25(37)33-22(27(39)40)11-16-13-30-19-5-3-2-4-18(16)19/h2-9,13-14,20-22,30,34H,10-12,28H2,1H3,(H2,29,35)(H,31,36)(H,32,38)(H,33,37)(H,39,40). The van der Waals surface area contributed by atoms with Crippen molar-refractivity contribution in [1.29, 1.82) is 0 Å². The number of H-pyrrole nitrogens is 1. The van der Waals surface area contributed by atoms with Gasteiger partial charge < -0.3 is 42.6 Å². The molecule has 40 heavy (non-hydrogen) atoms. The van der Waals surface area contributed by atoms with Gasteiger partial charge in [-0.1, -0.05) is 30.3 Å². The monoisotopic (exact) mass is 552 g/mol. The zero-order valence-corrected chi connectivity index (χ0v) is 21.7. The summed E-state index contributed by atoms with van der Waals surface area (Å²) in [6.07, 6.45) is 0.968. The Bertz CT molecular complexity index is 1390. The number of nitrogens with one attached hydrogen (secondary N) is 4. The normalized spacial score (nSPS) is 13.9. The fourth-order valence-electron chi connectivity index (χ4n) is 4.06. The molecule has 0 bridgehead atoms. The van der Waals surface area contributed by atoms with Crippen molar-refractivity contribution in [2.75, 3.05) is 0 Å². The van der Waals surface area contributed by atoms with Crippen LogP contribution in [-0.4, -0.2) is 69.0 Å². The highest BCUT2D eigenvalue weighted by Gasteiger charge is 2.31. The number of amides is 4. The Morgan fingerprint density at radius 1 is 0.850 bits per heavy atom. The van der Waals surface area contributed by atoms with E-state index in [2.05, 4.69) is 20.9 Å². The zero-order valence-electron chi connectivity index (χ0n) is 21.7. The molecule has 13 heteroatoms. The fraction of sp³-hybridized carbons (Fsp3) is 0.296. The highest BCUT2D eigenvalue weighted by molar-refractivity contribution is 5.96. The van der Waals surface area contributed by atoms with E-state index in [9.17, 15) is 34.2 Å². The number of hydrogen-bond donors (Lipinski definition) is 8. The van der Waals surface area contributed by atoms with Gasteiger partial charge in [0.2, 0.25) is 23.6 Å². The number of phenolic OH excluding ortho intramolecular Hbond substituents is 1. The van der Waals surface area contributed by atoms with Crippen LogP contribution in [0.1, 0.15) is 24.5 Å². The molecule has 0 fully saturated rings. The van der Waals surface area contributed by atoms with Gasteiger partial charge in [0, 0.05) is 29.9 Å². The van der Waals surface area contributed by atoms with Crippen LogP contribution >= 0.6 is 0 Å². The van der Waals surface area contributed by atoms with Crippen LogP contribution in [-0.2, 0) is 36.8 Å². The van der Waals surface area contributed by atoms with Crippen molar-refractivity contribution in [3.63, 3.8) is 0 Å². The number of carbonyl (C=O) groups is 5. The van der Waals surface area contributed by atoms with Crippen molar-refractivity contribution in [2.45, 2.75) is 50.4 Å². The maximum Gasteiger partial charge on any atom is 0.326 e. The number of aliphatic carboxylic acids is 1. The quantitative estimate of drug-likeness (QED) is 0.136. The molecule has 0 aliphatic carbocycles. The summed E-state index contributed by atoms with van der Waals surface area (Å²) in [4.78, 5) is 65.3. The van der Waals surface area contributed by atoms with Gasteiger partial charge in [0.25, 0.3) is 0 Å². The number of rotatable bonds is 13. The van der Waals surface area contributed by atoms with E-state index in [1.54, 1.807) is 6.20 Å². The smallest absolute Gasteiger partial charge is 0.326 e. The van der Waals surface area contributed by atoms with Crippen molar-refractivity contribution in [1.82, 2.24) is 20.9 Å². The number of carboxylic acid groups (broad SMARTS) is 1. The Morgan fingerprint density at radius 3 is 2.08 bits per heavy atom. The van der Waals surface area contributed by atoms with E-state index in [-0.39, 0.29) is 18.6 Å². The van der Waals surface area contributed by atoms with Crippen molar-refractivity contribution < 1.29 is 34.2 Å². The summed E-state index contributed by atoms with van der Waals surface area (Å²) in [5.74, 6) is -4.61. The lowest BCUT2D eigenvalue weighted by Gasteiger charge is -2.24. The van der Waals surface area contributed by atoms with Gasteiger partial charge in [0.05, 0.1) is 12.5 Å². The van der Waals surface area contributed by atoms with Crippen LogP contribution in [0.15, 0.2) is 54.7 Å². The number of hydrogen-bond acceptors (Lipinski definition) is 7. The molecular formula is C27H32N6O7. The van der Waals surface area contributed by atoms with Crippen LogP contribution in [0.5, 0.6) is 5.75 Å². The third-order valence-electron chi connectivity index (χ3n) is 6.17. The first kappa shape index (κ1) is 29.6. The number of aromatic nitrogens is 1. The first-order valence-corrected chi connectivity index (χ1v) is 12.4. The summed E-state index contributed by atoms with van der Waals surface area (Å²) < 4.78 is 0. The van der Waals surface area contributed by atoms with Crippen molar-refractivity contribution in [2.24, 2.45) is 11.5 Å². The second-order valence-corrected chi connectivity index (χ2v) is 9.42. The van der Waals surface area contributed by atoms with Crippen LogP contribution in [0.2, 0.25) is 0 Å². The maximum atomic E-state index is 13.4. The van der Waals surface area contributed by atoms with E-state index >= 15 is 0 Å². The minimum absolute atomic E-state index is 0.0152. The van der Waals surface area contributed by atoms with Gasteiger partial charge in [-0.05, 0) is 36.2 Å². The lowest BCUT2D eigenvalue weighted by molar-refractivity contribution is -0.142. The molecule has 3 aromatic rings. The highest BCUT2D eigenvalue weighted by Crippen LogP contribution is 2.19. The van der Waals surface area contributed by atoms with Crippen LogP contribution in [0, 0.1) is 0 Å². The molecule has 0 aliphatic rings. The number of para-hydroxylation sites is 1. The molecule has 1 heterocycles. The fourth-order valence-corrected chi connectivity index (χ4v) is 4.06. The van der Waals surface area contributed by atoms with Gasteiger partial charge in [-0.2, -0.15) is 0 Å². The number of nitrogens with two attached hydrogens (primary N) is 2. The Balaban J connectivity index is 1.84. The number of aromatic hydroxyl groups is 1. The third kappa shape index (κ3) is 8.04. The van der Waals surface area contributed by atoms with Crippen molar-refractivity contribution in [3.8, 4) is 5.75 Å². The molecule has 0 radical (unpaired) electrons. The van der Waals surface area contributed by atoms with E-state index < -0.39 is 60.2 Å². The molecule has 3 rings (SSSR count). The van der Waals surface area contributed by atoms with Crippen LogP contribution in [0.4, 0.5) is 0 Å². The Morgan fingerprint density at radius 2 is 1.45 bits per heavy atom. The third-order valence-corrected chi connectivity index (χ3v) is 6.17. The first-order valence-electron chi connectivity index (χ1n) is 12.4. The van der Waals surface area contributed by atoms with E-state index in [4.69, 9.17) is 11.5 Å². The molecule has 0 saturated carbocycles. The number of aromatic amines is 1. The summed E-state index contributed by atoms with van der Waals surface area (Å²) in [6.45, 7) is 1.38. The maximum absolute atomic E-state index is 13.4. The molecule has 4 unspecified atom stereocenters. The van der Waals surface area contributed by atoms with Gasteiger partial charge in [-0.3, -0.25) is 19.2 Å². The Kier molecular flexibility index (Phi) is 9.81. The van der Waals surface area contributed by atoms with E-state index in [0.29, 0.717) is 11.1 Å². The second kappa shape index (κ2) is 13.2. The van der Waals surface area contributed by atoms with Crippen molar-refractivity contribution >= 4 is 40.5 Å². The van der Waals surface area contributed by atoms with E-state index in [0.717, 1.165) is 10.9 Å². The van der Waals surface area contributed by atoms with Crippen molar-refractivity contribution in [3.05, 3.63) is 65.9 Å². The van der Waals surface area contributed by atoms with Gasteiger partial charge in [-0.15, -0.1) is 0 Å². The average molecular weight is 553 g/mol. The molecule has 0 spiro atoms. The number of fused-ring (bicyclic) bond motifs is 1. The molecule has 4 amide bonds. The first-order chi connectivity index (χ1) is 18.9. The van der Waals surface area contributed by atoms with Crippen LogP contribution in [0.25, 0.3) is 10.9 Å². The summed E-state index contributed by atoms with van der Waals surface area (Å²) in [7, 11) is 0. The van der Waals surface area contributed by atoms with E-state index in [1.165, 1.54) is 31.2 Å². The minimum Gasteiger partial charge on any atom is -0.508 e. The summed E-state index contributed by atoms with van der Waals surface area (Å²) >= 11 is 0. The molecule has 4 atom stereocenters. The number of primary amides is 1. The highest BCUT2D eigenvalue weighted by atomic mass is 16.4. The predicted molar refractivity (Wildman–Crippen MR) is 145 cm³/mol. The molecule has 0 saturated heterocycles. The molecule has 0 aliphatic heterocycles. The number of phenols is 1. The Labute approximate surface area is 229 Å². The summed E-state index contributed by atoms with van der Waals surface area (Å²) in [5, 5.41) is 27.6. The SMILES string of the molecule is CC(N)C(=O)NC(CC(N)=O)C(=O)NC(Cc1ccc(O)cc1)C(=O)NC(Cc1c[nH]c2ccccc12)C(=O)O. The van der Waals surface area contributed by atoms with Gasteiger partial charge in [0.15, 0.2) is 0 Å². The largest absolute Gasteiger partial charge is 0.508 e. The number of benzene rings is 2. The molecule has 13 nitrogen and oxygen atoms in total. The van der Waals surface area contributed by atoms with Gasteiger partial charge in [0.1, 0.15) is 23.9 Å². The number of carboxylic acids is 1. The molecule has 212 valence electrons. The lowest BCUT2D eigenvalue weighted by atomic mass is 10.0. The van der Waals surface area contributed by atoms with Crippen LogP contribution in [0.3, 0.4) is 0 Å².